The van der Waals surface area contributed by atoms with Crippen LogP contribution in [0, 0.1) is 0 Å². The summed E-state index contributed by atoms with van der Waals surface area (Å²) in [6, 6.07) is 0. The van der Waals surface area contributed by atoms with E-state index >= 15 is 0 Å². The first-order valence-corrected chi connectivity index (χ1v) is 5.49. The van der Waals surface area contributed by atoms with Gasteiger partial charge in [0.05, 0.1) is 6.61 Å². The van der Waals surface area contributed by atoms with Gasteiger partial charge in [0.15, 0.2) is 0 Å². The van der Waals surface area contributed by atoms with Gasteiger partial charge in [-0.3, -0.25) is 0 Å². The molecular weight excluding hydrogens is 216 g/mol. The predicted molar refractivity (Wildman–Crippen MR) is 54.6 cm³/mol. The Morgan fingerprint density at radius 2 is 2.06 bits per heavy atom. The molecule has 0 radical (unpaired) electrons. The van der Waals surface area contributed by atoms with Gasteiger partial charge in [-0.2, -0.15) is 0 Å². The first-order chi connectivity index (χ1) is 7.51. The highest BCUT2D eigenvalue weighted by Crippen LogP contribution is 2.24. The Hall–Kier alpha value is -0.240. The molecular formula is C10H20O6. The van der Waals surface area contributed by atoms with E-state index in [9.17, 15) is 20.4 Å². The van der Waals surface area contributed by atoms with Crippen LogP contribution in [0.5, 0.6) is 0 Å². The first-order valence-electron chi connectivity index (χ1n) is 5.49. The first kappa shape index (κ1) is 13.8. The lowest BCUT2D eigenvalue weighted by atomic mass is 9.97. The average molecular weight is 236 g/mol. The molecule has 0 bridgehead atoms. The second-order valence-electron chi connectivity index (χ2n) is 4.06. The third kappa shape index (κ3) is 3.13. The van der Waals surface area contributed by atoms with E-state index < -0.39 is 24.1 Å². The standard InChI is InChI=1S/C10H20O6/c1-2-3-4-15-6-10(14)9(13)8(12)7(11)5-16-10/h7-9,11-14H,2-6H2,1H3. The topological polar surface area (TPSA) is 99.4 Å². The zero-order valence-electron chi connectivity index (χ0n) is 9.37. The fourth-order valence-corrected chi connectivity index (χ4v) is 1.48. The molecule has 1 fully saturated rings. The molecule has 1 rings (SSSR count). The van der Waals surface area contributed by atoms with Crippen LogP contribution in [0.25, 0.3) is 0 Å². The van der Waals surface area contributed by atoms with E-state index in [1.54, 1.807) is 0 Å². The van der Waals surface area contributed by atoms with Crippen LogP contribution in [0.2, 0.25) is 0 Å². The zero-order chi connectivity index (χ0) is 12.2. The van der Waals surface area contributed by atoms with Crippen molar-refractivity contribution in [1.29, 1.82) is 0 Å². The molecule has 4 unspecified atom stereocenters. The molecule has 1 saturated heterocycles. The molecule has 0 amide bonds. The average Bonchev–Trinajstić information content (AvgIpc) is 2.28. The molecule has 0 aliphatic carbocycles. The highest BCUT2D eigenvalue weighted by Gasteiger charge is 2.48. The number of hydrogen-bond donors (Lipinski definition) is 4. The van der Waals surface area contributed by atoms with Crippen LogP contribution >= 0.6 is 0 Å². The highest BCUT2D eigenvalue weighted by molar-refractivity contribution is 4.91. The smallest absolute Gasteiger partial charge is 0.219 e. The summed E-state index contributed by atoms with van der Waals surface area (Å²) in [5.74, 6) is -1.94. The molecule has 6 heteroatoms. The van der Waals surface area contributed by atoms with E-state index in [4.69, 9.17) is 9.47 Å². The van der Waals surface area contributed by atoms with E-state index in [2.05, 4.69) is 0 Å². The molecule has 0 spiro atoms. The Morgan fingerprint density at radius 1 is 1.38 bits per heavy atom. The van der Waals surface area contributed by atoms with Crippen LogP contribution in [-0.2, 0) is 9.47 Å². The van der Waals surface area contributed by atoms with Crippen LogP contribution in [0.1, 0.15) is 19.8 Å². The van der Waals surface area contributed by atoms with Gasteiger partial charge < -0.3 is 29.9 Å². The third-order valence-electron chi connectivity index (χ3n) is 2.64. The second kappa shape index (κ2) is 5.90. The summed E-state index contributed by atoms with van der Waals surface area (Å²) >= 11 is 0. The molecule has 0 aromatic heterocycles. The monoisotopic (exact) mass is 236 g/mol. The van der Waals surface area contributed by atoms with Gasteiger partial charge in [-0.1, -0.05) is 13.3 Å². The number of hydrogen-bond acceptors (Lipinski definition) is 6. The van der Waals surface area contributed by atoms with Gasteiger partial charge in [-0.05, 0) is 6.42 Å². The fraction of sp³-hybridized carbons (Fsp3) is 1.00. The maximum atomic E-state index is 9.86. The van der Waals surface area contributed by atoms with Crippen molar-refractivity contribution < 1.29 is 29.9 Å². The lowest BCUT2D eigenvalue weighted by molar-refractivity contribution is -0.335. The Morgan fingerprint density at radius 3 is 2.69 bits per heavy atom. The summed E-state index contributed by atoms with van der Waals surface area (Å²) in [5.41, 5.74) is 0. The van der Waals surface area contributed by atoms with Gasteiger partial charge in [0.2, 0.25) is 5.79 Å². The summed E-state index contributed by atoms with van der Waals surface area (Å²) in [5, 5.41) is 38.0. The number of aliphatic hydroxyl groups excluding tert-OH is 3. The molecule has 4 atom stereocenters. The molecule has 96 valence electrons. The summed E-state index contributed by atoms with van der Waals surface area (Å²) < 4.78 is 10.1. The SMILES string of the molecule is CCCCOCC1(O)OCC(O)C(O)C1O. The molecule has 0 saturated carbocycles. The van der Waals surface area contributed by atoms with E-state index in [1.807, 2.05) is 6.92 Å². The van der Waals surface area contributed by atoms with Crippen molar-refractivity contribution in [2.75, 3.05) is 19.8 Å². The van der Waals surface area contributed by atoms with Crippen molar-refractivity contribution >= 4 is 0 Å². The van der Waals surface area contributed by atoms with Gasteiger partial charge in [0.1, 0.15) is 24.9 Å². The minimum Gasteiger partial charge on any atom is -0.388 e. The summed E-state index contributed by atoms with van der Waals surface area (Å²) in [6.45, 7) is 2.00. The Kier molecular flexibility index (Phi) is 5.10. The van der Waals surface area contributed by atoms with Crippen molar-refractivity contribution in [3.8, 4) is 0 Å². The minimum absolute atomic E-state index is 0.224. The minimum atomic E-state index is -1.94. The fourth-order valence-electron chi connectivity index (χ4n) is 1.48. The highest BCUT2D eigenvalue weighted by atomic mass is 16.7. The van der Waals surface area contributed by atoms with Crippen LogP contribution in [0.15, 0.2) is 0 Å². The van der Waals surface area contributed by atoms with Gasteiger partial charge >= 0.3 is 0 Å². The maximum absolute atomic E-state index is 9.86. The number of ether oxygens (including phenoxy) is 2. The quantitative estimate of drug-likeness (QED) is 0.438. The zero-order valence-corrected chi connectivity index (χ0v) is 9.37. The van der Waals surface area contributed by atoms with Crippen molar-refractivity contribution in [2.45, 2.75) is 43.9 Å². The summed E-state index contributed by atoms with van der Waals surface area (Å²) in [7, 11) is 0. The lowest BCUT2D eigenvalue weighted by Gasteiger charge is -2.41. The van der Waals surface area contributed by atoms with Crippen LogP contribution in [-0.4, -0.2) is 64.3 Å². The van der Waals surface area contributed by atoms with E-state index in [0.717, 1.165) is 12.8 Å². The molecule has 0 aromatic carbocycles. The number of aliphatic hydroxyl groups is 4. The van der Waals surface area contributed by atoms with E-state index in [-0.39, 0.29) is 13.2 Å². The number of rotatable bonds is 5. The van der Waals surface area contributed by atoms with E-state index in [0.29, 0.717) is 6.61 Å². The molecule has 4 N–H and O–H groups in total. The molecule has 16 heavy (non-hydrogen) atoms. The van der Waals surface area contributed by atoms with Crippen LogP contribution in [0.3, 0.4) is 0 Å². The molecule has 0 aromatic rings. The largest absolute Gasteiger partial charge is 0.388 e. The second-order valence-corrected chi connectivity index (χ2v) is 4.06. The van der Waals surface area contributed by atoms with Crippen LogP contribution < -0.4 is 0 Å². The number of unbranched alkanes of at least 4 members (excludes halogenated alkanes) is 1. The molecule has 6 nitrogen and oxygen atoms in total. The van der Waals surface area contributed by atoms with Crippen LogP contribution in [0.4, 0.5) is 0 Å². The van der Waals surface area contributed by atoms with Crippen molar-refractivity contribution in [2.24, 2.45) is 0 Å². The van der Waals surface area contributed by atoms with E-state index in [1.165, 1.54) is 0 Å². The Labute approximate surface area is 94.4 Å². The molecule has 1 aliphatic heterocycles. The van der Waals surface area contributed by atoms with Gasteiger partial charge in [0.25, 0.3) is 0 Å². The summed E-state index contributed by atoms with van der Waals surface area (Å²) in [6.07, 6.45) is -2.38. The van der Waals surface area contributed by atoms with Crippen molar-refractivity contribution in [1.82, 2.24) is 0 Å². The van der Waals surface area contributed by atoms with Crippen molar-refractivity contribution in [3.05, 3.63) is 0 Å². The lowest BCUT2D eigenvalue weighted by Crippen LogP contribution is -2.62. The van der Waals surface area contributed by atoms with Gasteiger partial charge in [0, 0.05) is 6.61 Å². The normalized spacial score (nSPS) is 39.9. The van der Waals surface area contributed by atoms with Gasteiger partial charge in [-0.15, -0.1) is 0 Å². The summed E-state index contributed by atoms with van der Waals surface area (Å²) in [4.78, 5) is 0. The van der Waals surface area contributed by atoms with Crippen molar-refractivity contribution in [3.63, 3.8) is 0 Å². The Bertz CT molecular complexity index is 211. The maximum Gasteiger partial charge on any atom is 0.219 e. The predicted octanol–water partition coefficient (Wildman–Crippen LogP) is -1.40. The Balaban J connectivity index is 2.43. The molecule has 1 aliphatic rings. The molecule has 1 heterocycles. The van der Waals surface area contributed by atoms with Gasteiger partial charge in [-0.25, -0.2) is 0 Å². The third-order valence-corrected chi connectivity index (χ3v) is 2.64.